The predicted molar refractivity (Wildman–Crippen MR) is 163 cm³/mol. The molecule has 2 aliphatic heterocycles. The number of benzene rings is 2. The highest BCUT2D eigenvalue weighted by Crippen LogP contribution is 2.53. The van der Waals surface area contributed by atoms with Crippen molar-refractivity contribution in [1.29, 1.82) is 0 Å². The molecular formula is C33H47B2O4+. The zero-order chi connectivity index (χ0) is 26.9. The second-order valence-electron chi connectivity index (χ2n) is 11.8. The molecule has 2 heterocycles. The molecule has 0 unspecified atom stereocenters. The van der Waals surface area contributed by atoms with Gasteiger partial charge in [0.15, 0.2) is 0 Å². The lowest BCUT2D eigenvalue weighted by Crippen LogP contribution is -2.35. The molecule has 0 amide bonds. The fourth-order valence-corrected chi connectivity index (χ4v) is 6.92. The van der Waals surface area contributed by atoms with Gasteiger partial charge in [0.25, 0.3) is 0 Å². The molecule has 0 bridgehead atoms. The first kappa shape index (κ1) is 28.8. The molecule has 2 aromatic rings. The lowest BCUT2D eigenvalue weighted by atomic mass is 9.67. The van der Waals surface area contributed by atoms with Crippen LogP contribution in [0, 0.1) is 6.61 Å². The van der Waals surface area contributed by atoms with Crippen molar-refractivity contribution in [2.24, 2.45) is 0 Å². The van der Waals surface area contributed by atoms with Crippen molar-refractivity contribution in [2.75, 3.05) is 19.8 Å². The Kier molecular flexibility index (Phi) is 10.5. The van der Waals surface area contributed by atoms with Gasteiger partial charge in [0.05, 0.1) is 13.2 Å². The third-order valence-corrected chi connectivity index (χ3v) is 9.02. The number of rotatable bonds is 16. The summed E-state index contributed by atoms with van der Waals surface area (Å²) < 4.78 is 23.6. The third kappa shape index (κ3) is 6.62. The van der Waals surface area contributed by atoms with Crippen molar-refractivity contribution in [2.45, 2.75) is 109 Å². The van der Waals surface area contributed by atoms with Gasteiger partial charge >= 0.3 is 14.2 Å². The first-order valence-electron chi connectivity index (χ1n) is 15.9. The van der Waals surface area contributed by atoms with E-state index in [1.165, 1.54) is 112 Å². The first-order chi connectivity index (χ1) is 19.3. The van der Waals surface area contributed by atoms with E-state index in [0.717, 1.165) is 10.9 Å². The minimum atomic E-state index is -0.296. The van der Waals surface area contributed by atoms with Crippen molar-refractivity contribution in [1.82, 2.24) is 0 Å². The largest absolute Gasteiger partial charge is 0.551 e. The molecule has 5 rings (SSSR count). The SMILES string of the molecule is CCCCCCCCC1(CCCCCCCC)c2cc(B3O[CH+]CO3)ccc2-c2ccc(B3OCCO3)cc21. The monoisotopic (exact) mass is 529 g/mol. The Morgan fingerprint density at radius 2 is 1.15 bits per heavy atom. The van der Waals surface area contributed by atoms with E-state index in [4.69, 9.17) is 18.6 Å². The van der Waals surface area contributed by atoms with Gasteiger partial charge in [-0.05, 0) is 46.0 Å². The molecule has 2 saturated heterocycles. The van der Waals surface area contributed by atoms with Crippen molar-refractivity contribution < 1.29 is 18.6 Å². The molecule has 1 aliphatic carbocycles. The van der Waals surface area contributed by atoms with Crippen LogP contribution >= 0.6 is 0 Å². The lowest BCUT2D eigenvalue weighted by molar-refractivity contribution is 0.365. The van der Waals surface area contributed by atoms with Gasteiger partial charge in [-0.2, -0.15) is 0 Å². The molecule has 0 saturated carbocycles. The molecule has 39 heavy (non-hydrogen) atoms. The van der Waals surface area contributed by atoms with E-state index in [1.54, 1.807) is 6.61 Å². The van der Waals surface area contributed by atoms with E-state index in [-0.39, 0.29) is 19.7 Å². The maximum atomic E-state index is 5.94. The first-order valence-corrected chi connectivity index (χ1v) is 15.9. The minimum absolute atomic E-state index is 0.00707. The van der Waals surface area contributed by atoms with Crippen molar-refractivity contribution in [3.05, 3.63) is 54.1 Å². The van der Waals surface area contributed by atoms with E-state index < -0.39 is 0 Å². The molecule has 2 fully saturated rings. The fourth-order valence-electron chi connectivity index (χ4n) is 6.92. The molecule has 0 aromatic heterocycles. The summed E-state index contributed by atoms with van der Waals surface area (Å²) in [5.74, 6) is 0. The Hall–Kier alpha value is -1.72. The molecule has 0 atom stereocenters. The maximum Gasteiger partial charge on any atom is 0.551 e. The van der Waals surface area contributed by atoms with Gasteiger partial charge in [-0.25, -0.2) is 4.65 Å². The van der Waals surface area contributed by atoms with E-state index in [0.29, 0.717) is 19.8 Å². The van der Waals surface area contributed by atoms with Crippen molar-refractivity contribution in [3.63, 3.8) is 0 Å². The highest BCUT2D eigenvalue weighted by atomic mass is 16.6. The summed E-state index contributed by atoms with van der Waals surface area (Å²) >= 11 is 0. The second-order valence-corrected chi connectivity index (χ2v) is 11.8. The van der Waals surface area contributed by atoms with Gasteiger partial charge in [0.2, 0.25) is 13.2 Å². The summed E-state index contributed by atoms with van der Waals surface area (Å²) in [7, 11) is -0.540. The molecule has 0 N–H and O–H groups in total. The van der Waals surface area contributed by atoms with Gasteiger partial charge in [-0.15, -0.1) is 0 Å². The molecule has 0 spiro atoms. The molecular weight excluding hydrogens is 482 g/mol. The number of unbranched alkanes of at least 4 members (excludes halogenated alkanes) is 10. The molecule has 4 nitrogen and oxygen atoms in total. The molecule has 6 heteroatoms. The van der Waals surface area contributed by atoms with E-state index in [9.17, 15) is 0 Å². The van der Waals surface area contributed by atoms with Gasteiger partial charge < -0.3 is 14.0 Å². The van der Waals surface area contributed by atoms with Crippen LogP contribution in [0.3, 0.4) is 0 Å². The summed E-state index contributed by atoms with van der Waals surface area (Å²) in [5, 5.41) is 0. The summed E-state index contributed by atoms with van der Waals surface area (Å²) in [4.78, 5) is 0. The average molecular weight is 529 g/mol. The molecule has 3 aliphatic rings. The van der Waals surface area contributed by atoms with Crippen LogP contribution in [0.25, 0.3) is 11.1 Å². The minimum Gasteiger partial charge on any atom is -0.405 e. The Morgan fingerprint density at radius 3 is 1.67 bits per heavy atom. The van der Waals surface area contributed by atoms with Crippen LogP contribution in [0.1, 0.15) is 115 Å². The summed E-state index contributed by atoms with van der Waals surface area (Å²) in [6, 6.07) is 13.9. The Bertz CT molecular complexity index is 962. The second kappa shape index (κ2) is 14.3. The zero-order valence-corrected chi connectivity index (χ0v) is 24.3. The maximum absolute atomic E-state index is 5.94. The van der Waals surface area contributed by atoms with Crippen LogP contribution in [-0.4, -0.2) is 34.1 Å². The van der Waals surface area contributed by atoms with Crippen LogP contribution < -0.4 is 10.9 Å². The Balaban J connectivity index is 1.48. The summed E-state index contributed by atoms with van der Waals surface area (Å²) in [5.41, 5.74) is 8.02. The normalized spacial score (nSPS) is 17.5. The topological polar surface area (TPSA) is 36.9 Å². The highest BCUT2D eigenvalue weighted by molar-refractivity contribution is 6.62. The number of hydrogen-bond donors (Lipinski definition) is 0. The van der Waals surface area contributed by atoms with Gasteiger partial charge in [-0.3, -0.25) is 0 Å². The van der Waals surface area contributed by atoms with E-state index >= 15 is 0 Å². The summed E-state index contributed by atoms with van der Waals surface area (Å²) in [6.07, 6.45) is 18.2. The van der Waals surface area contributed by atoms with Gasteiger partial charge in [-0.1, -0.05) is 127 Å². The van der Waals surface area contributed by atoms with Gasteiger partial charge in [0, 0.05) is 5.41 Å². The highest BCUT2D eigenvalue weighted by Gasteiger charge is 2.45. The zero-order valence-electron chi connectivity index (χ0n) is 24.3. The van der Waals surface area contributed by atoms with E-state index in [2.05, 4.69) is 50.2 Å². The molecule has 208 valence electrons. The van der Waals surface area contributed by atoms with Crippen LogP contribution in [0.15, 0.2) is 36.4 Å². The fraction of sp³-hybridized carbons (Fsp3) is 0.606. The predicted octanol–water partition coefficient (Wildman–Crippen LogP) is 7.10. The van der Waals surface area contributed by atoms with E-state index in [1.807, 2.05) is 0 Å². The lowest BCUT2D eigenvalue weighted by Gasteiger charge is -2.33. The number of fused-ring (bicyclic) bond motifs is 3. The Morgan fingerprint density at radius 1 is 0.641 bits per heavy atom. The van der Waals surface area contributed by atoms with Crippen LogP contribution in [0.4, 0.5) is 0 Å². The van der Waals surface area contributed by atoms with Gasteiger partial charge in [0.1, 0.15) is 0 Å². The molecule has 2 aromatic carbocycles. The standard InChI is InChI=1S/C33H47B2O4/c1-3-5-7-9-11-13-19-33(20-14-12-10-8-6-4-2)31-25-27(34-36-21-22-37-34)15-17-29(31)30-18-16-28(26-32(30)33)35-38-23-24-39-35/h15-18,21,25-26H,3-14,19-20,22-24H2,1-2H3/q+1. The Labute approximate surface area is 237 Å². The quantitative estimate of drug-likeness (QED) is 0.132. The summed E-state index contributed by atoms with van der Waals surface area (Å²) in [6.45, 7) is 8.26. The smallest absolute Gasteiger partial charge is 0.405 e. The third-order valence-electron chi connectivity index (χ3n) is 9.02. The van der Waals surface area contributed by atoms with Crippen LogP contribution in [0.5, 0.6) is 0 Å². The van der Waals surface area contributed by atoms with Crippen LogP contribution in [-0.2, 0) is 24.0 Å². The average Bonchev–Trinajstić information content (AvgIpc) is 3.74. The van der Waals surface area contributed by atoms with Crippen LogP contribution in [0.2, 0.25) is 0 Å². The number of hydrogen-bond acceptors (Lipinski definition) is 4. The van der Waals surface area contributed by atoms with Crippen molar-refractivity contribution >= 4 is 25.2 Å². The van der Waals surface area contributed by atoms with Crippen molar-refractivity contribution in [3.8, 4) is 11.1 Å². The molecule has 0 radical (unpaired) electrons.